The quantitative estimate of drug-likeness (QED) is 0.888. The topological polar surface area (TPSA) is 64.6 Å². The molecule has 0 unspecified atom stereocenters. The van der Waals surface area contributed by atoms with Crippen LogP contribution in [0.1, 0.15) is 5.56 Å². The highest BCUT2D eigenvalue weighted by atomic mass is 32.2. The summed E-state index contributed by atoms with van der Waals surface area (Å²) in [6, 6.07) is 13.5. The SMILES string of the molecule is COc1ccc(S(=O)(=O)NCc2ccccc2OC)cc1. The highest BCUT2D eigenvalue weighted by Crippen LogP contribution is 2.19. The summed E-state index contributed by atoms with van der Waals surface area (Å²) in [5, 5.41) is 0. The van der Waals surface area contributed by atoms with E-state index < -0.39 is 10.0 Å². The van der Waals surface area contributed by atoms with E-state index in [1.807, 2.05) is 18.2 Å². The first-order valence-electron chi connectivity index (χ1n) is 6.32. The largest absolute Gasteiger partial charge is 0.497 e. The van der Waals surface area contributed by atoms with Crippen LogP contribution in [0.3, 0.4) is 0 Å². The van der Waals surface area contributed by atoms with E-state index in [1.54, 1.807) is 25.3 Å². The number of ether oxygens (including phenoxy) is 2. The Morgan fingerprint density at radius 3 is 2.24 bits per heavy atom. The molecule has 6 heteroatoms. The Labute approximate surface area is 124 Å². The molecule has 2 aromatic carbocycles. The number of hydrogen-bond donors (Lipinski definition) is 1. The molecule has 0 aliphatic rings. The minimum Gasteiger partial charge on any atom is -0.497 e. The van der Waals surface area contributed by atoms with Gasteiger partial charge in [0.05, 0.1) is 19.1 Å². The summed E-state index contributed by atoms with van der Waals surface area (Å²) in [4.78, 5) is 0.193. The summed E-state index contributed by atoms with van der Waals surface area (Å²) in [6.45, 7) is 0.165. The van der Waals surface area contributed by atoms with Gasteiger partial charge in [0.2, 0.25) is 10.0 Å². The van der Waals surface area contributed by atoms with E-state index in [4.69, 9.17) is 9.47 Å². The molecule has 0 aromatic heterocycles. The van der Waals surface area contributed by atoms with E-state index in [-0.39, 0.29) is 11.4 Å². The van der Waals surface area contributed by atoms with Crippen molar-refractivity contribution in [1.29, 1.82) is 0 Å². The molecule has 5 nitrogen and oxygen atoms in total. The van der Waals surface area contributed by atoms with Crippen molar-refractivity contribution in [3.63, 3.8) is 0 Å². The number of sulfonamides is 1. The van der Waals surface area contributed by atoms with Crippen LogP contribution in [-0.2, 0) is 16.6 Å². The molecule has 0 spiro atoms. The van der Waals surface area contributed by atoms with Crippen LogP contribution in [0.2, 0.25) is 0 Å². The summed E-state index contributed by atoms with van der Waals surface area (Å²) in [6.07, 6.45) is 0. The van der Waals surface area contributed by atoms with Crippen LogP contribution < -0.4 is 14.2 Å². The molecule has 0 amide bonds. The van der Waals surface area contributed by atoms with Crippen molar-refractivity contribution < 1.29 is 17.9 Å². The molecule has 0 aliphatic carbocycles. The predicted octanol–water partition coefficient (Wildman–Crippen LogP) is 2.18. The first kappa shape index (κ1) is 15.3. The molecule has 0 saturated heterocycles. The van der Waals surface area contributed by atoms with Gasteiger partial charge in [0, 0.05) is 12.1 Å². The van der Waals surface area contributed by atoms with Gasteiger partial charge in [-0.25, -0.2) is 13.1 Å². The molecule has 0 atom stereocenters. The second kappa shape index (κ2) is 6.60. The maximum absolute atomic E-state index is 12.2. The van der Waals surface area contributed by atoms with Gasteiger partial charge in [-0.1, -0.05) is 18.2 Å². The van der Waals surface area contributed by atoms with E-state index in [9.17, 15) is 8.42 Å². The second-order valence-electron chi connectivity index (χ2n) is 4.31. The number of nitrogens with one attached hydrogen (secondary N) is 1. The smallest absolute Gasteiger partial charge is 0.240 e. The highest BCUT2D eigenvalue weighted by molar-refractivity contribution is 7.89. The van der Waals surface area contributed by atoms with Crippen LogP contribution in [0, 0.1) is 0 Å². The third kappa shape index (κ3) is 3.74. The molecule has 0 heterocycles. The molecule has 0 fully saturated rings. The van der Waals surface area contributed by atoms with Gasteiger partial charge in [0.25, 0.3) is 0 Å². The van der Waals surface area contributed by atoms with Crippen LogP contribution in [0.25, 0.3) is 0 Å². The number of rotatable bonds is 6. The van der Waals surface area contributed by atoms with Gasteiger partial charge in [-0.15, -0.1) is 0 Å². The van der Waals surface area contributed by atoms with Crippen LogP contribution in [0.4, 0.5) is 0 Å². The van der Waals surface area contributed by atoms with Crippen LogP contribution >= 0.6 is 0 Å². The molecule has 21 heavy (non-hydrogen) atoms. The summed E-state index contributed by atoms with van der Waals surface area (Å²) in [7, 11) is -0.486. The predicted molar refractivity (Wildman–Crippen MR) is 80.0 cm³/mol. The molecular weight excluding hydrogens is 290 g/mol. The third-order valence-electron chi connectivity index (χ3n) is 3.01. The maximum Gasteiger partial charge on any atom is 0.240 e. The summed E-state index contributed by atoms with van der Waals surface area (Å²) < 4.78 is 37.2. The van der Waals surface area contributed by atoms with Gasteiger partial charge in [-0.2, -0.15) is 0 Å². The molecule has 2 rings (SSSR count). The molecular formula is C15H17NO4S. The lowest BCUT2D eigenvalue weighted by Gasteiger charge is -2.10. The molecule has 0 aliphatic heterocycles. The first-order chi connectivity index (χ1) is 10.1. The molecule has 1 N–H and O–H groups in total. The summed E-state index contributed by atoms with van der Waals surface area (Å²) in [5.74, 6) is 1.26. The van der Waals surface area contributed by atoms with Gasteiger partial charge >= 0.3 is 0 Å². The van der Waals surface area contributed by atoms with E-state index in [0.717, 1.165) is 5.56 Å². The Hall–Kier alpha value is -2.05. The zero-order chi connectivity index (χ0) is 15.3. The Morgan fingerprint density at radius 1 is 0.952 bits per heavy atom. The average molecular weight is 307 g/mol. The second-order valence-corrected chi connectivity index (χ2v) is 6.08. The van der Waals surface area contributed by atoms with Crippen LogP contribution in [0.5, 0.6) is 11.5 Å². The van der Waals surface area contributed by atoms with Crippen molar-refractivity contribution in [3.05, 3.63) is 54.1 Å². The van der Waals surface area contributed by atoms with E-state index in [0.29, 0.717) is 11.5 Å². The standard InChI is InChI=1S/C15H17NO4S/c1-19-13-7-9-14(10-8-13)21(17,18)16-11-12-5-3-4-6-15(12)20-2/h3-10,16H,11H2,1-2H3. The zero-order valence-electron chi connectivity index (χ0n) is 11.9. The van der Waals surface area contributed by atoms with Crippen molar-refractivity contribution in [2.24, 2.45) is 0 Å². The Morgan fingerprint density at radius 2 is 1.62 bits per heavy atom. The fourth-order valence-electron chi connectivity index (χ4n) is 1.86. The van der Waals surface area contributed by atoms with E-state index in [2.05, 4.69) is 4.72 Å². The third-order valence-corrected chi connectivity index (χ3v) is 4.43. The Kier molecular flexibility index (Phi) is 4.82. The molecule has 0 radical (unpaired) electrons. The molecule has 0 saturated carbocycles. The fraction of sp³-hybridized carbons (Fsp3) is 0.200. The maximum atomic E-state index is 12.2. The Bertz CT molecular complexity index is 696. The molecule has 2 aromatic rings. The lowest BCUT2D eigenvalue weighted by atomic mass is 10.2. The fourth-order valence-corrected chi connectivity index (χ4v) is 2.87. The van der Waals surface area contributed by atoms with Crippen molar-refractivity contribution in [2.75, 3.05) is 14.2 Å². The van der Waals surface area contributed by atoms with Gasteiger partial charge in [-0.3, -0.25) is 0 Å². The minimum atomic E-state index is -3.57. The van der Waals surface area contributed by atoms with Crippen LogP contribution in [-0.4, -0.2) is 22.6 Å². The average Bonchev–Trinajstić information content (AvgIpc) is 2.53. The number of benzene rings is 2. The van der Waals surface area contributed by atoms with E-state index in [1.165, 1.54) is 19.2 Å². The Balaban J connectivity index is 2.13. The van der Waals surface area contributed by atoms with Crippen molar-refractivity contribution in [2.45, 2.75) is 11.4 Å². The zero-order valence-corrected chi connectivity index (χ0v) is 12.7. The summed E-state index contributed by atoms with van der Waals surface area (Å²) in [5.41, 5.74) is 0.775. The van der Waals surface area contributed by atoms with Crippen molar-refractivity contribution in [1.82, 2.24) is 4.72 Å². The lowest BCUT2D eigenvalue weighted by molar-refractivity contribution is 0.409. The first-order valence-corrected chi connectivity index (χ1v) is 7.81. The number of methoxy groups -OCH3 is 2. The van der Waals surface area contributed by atoms with Gasteiger partial charge < -0.3 is 9.47 Å². The lowest BCUT2D eigenvalue weighted by Crippen LogP contribution is -2.23. The number of hydrogen-bond acceptors (Lipinski definition) is 4. The summed E-state index contributed by atoms with van der Waals surface area (Å²) >= 11 is 0. The molecule has 112 valence electrons. The monoisotopic (exact) mass is 307 g/mol. The highest BCUT2D eigenvalue weighted by Gasteiger charge is 2.14. The molecule has 0 bridgehead atoms. The van der Waals surface area contributed by atoms with Gasteiger partial charge in [0.15, 0.2) is 0 Å². The van der Waals surface area contributed by atoms with Crippen LogP contribution in [0.15, 0.2) is 53.4 Å². The van der Waals surface area contributed by atoms with Crippen molar-refractivity contribution >= 4 is 10.0 Å². The number of para-hydroxylation sites is 1. The van der Waals surface area contributed by atoms with Crippen molar-refractivity contribution in [3.8, 4) is 11.5 Å². The van der Waals surface area contributed by atoms with E-state index >= 15 is 0 Å². The van der Waals surface area contributed by atoms with Gasteiger partial charge in [0.1, 0.15) is 11.5 Å². The normalized spacial score (nSPS) is 11.1. The van der Waals surface area contributed by atoms with Gasteiger partial charge in [-0.05, 0) is 30.3 Å². The minimum absolute atomic E-state index is 0.165.